The lowest BCUT2D eigenvalue weighted by Crippen LogP contribution is -2.29. The third kappa shape index (κ3) is 3.18. The Hall–Kier alpha value is -2.44. The summed E-state index contributed by atoms with van der Waals surface area (Å²) in [6, 6.07) is 11.7. The highest BCUT2D eigenvalue weighted by atomic mass is 32.1. The largest absolute Gasteiger partial charge is 0.496 e. The molecule has 0 saturated heterocycles. The van der Waals surface area contributed by atoms with Gasteiger partial charge in [-0.05, 0) is 29.4 Å². The molecule has 1 aromatic heterocycles. The molecular weight excluding hydrogens is 346 g/mol. The molecule has 1 aliphatic rings. The predicted molar refractivity (Wildman–Crippen MR) is 105 cm³/mol. The molecule has 1 N–H and O–H groups in total. The number of carbonyl (C=O) groups excluding carboxylic acids is 1. The maximum absolute atomic E-state index is 12.8. The number of carbonyl (C=O) groups is 1. The maximum atomic E-state index is 12.8. The number of rotatable bonds is 4. The highest BCUT2D eigenvalue weighted by Crippen LogP contribution is 2.30. The molecule has 26 heavy (non-hydrogen) atoms. The molecule has 5 nitrogen and oxygen atoms in total. The Morgan fingerprint density at radius 1 is 1.31 bits per heavy atom. The minimum atomic E-state index is -0.189. The van der Waals surface area contributed by atoms with Crippen LogP contribution >= 0.6 is 11.3 Å². The molecule has 0 spiro atoms. The molecule has 134 valence electrons. The molecule has 0 aliphatic carbocycles. The van der Waals surface area contributed by atoms with E-state index in [4.69, 9.17) is 4.74 Å². The number of amides is 1. The second-order valence-corrected chi connectivity index (χ2v) is 7.45. The summed E-state index contributed by atoms with van der Waals surface area (Å²) in [6.07, 6.45) is 0.939. The first kappa shape index (κ1) is 17.0. The number of ether oxygens (including phenoxy) is 1. The second kappa shape index (κ2) is 7.05. The van der Waals surface area contributed by atoms with Crippen LogP contribution in [0.25, 0.3) is 10.8 Å². The summed E-state index contributed by atoms with van der Waals surface area (Å²) in [7, 11) is 1.59. The fourth-order valence-corrected chi connectivity index (χ4v) is 4.35. The molecule has 0 radical (unpaired) electrons. The number of anilines is 1. The molecular formula is C20H21N3O2S. The first-order valence-electron chi connectivity index (χ1n) is 8.77. The van der Waals surface area contributed by atoms with Crippen molar-refractivity contribution in [2.24, 2.45) is 0 Å². The average molecular weight is 367 g/mol. The molecule has 0 unspecified atom stereocenters. The van der Waals surface area contributed by atoms with E-state index in [1.807, 2.05) is 36.4 Å². The van der Waals surface area contributed by atoms with Gasteiger partial charge in [0.25, 0.3) is 5.91 Å². The van der Waals surface area contributed by atoms with Gasteiger partial charge in [-0.2, -0.15) is 0 Å². The number of likely N-dealkylation sites (N-methyl/N-ethyl adjacent to an activating group) is 1. The van der Waals surface area contributed by atoms with Crippen LogP contribution in [0.2, 0.25) is 0 Å². The summed E-state index contributed by atoms with van der Waals surface area (Å²) in [4.78, 5) is 21.1. The van der Waals surface area contributed by atoms with Crippen molar-refractivity contribution in [3.8, 4) is 5.75 Å². The number of nitrogens with zero attached hydrogens (tertiary/aromatic N) is 2. The number of benzene rings is 2. The van der Waals surface area contributed by atoms with Crippen molar-refractivity contribution in [1.29, 1.82) is 0 Å². The van der Waals surface area contributed by atoms with Crippen LogP contribution in [0.5, 0.6) is 5.75 Å². The van der Waals surface area contributed by atoms with Crippen LogP contribution in [0.1, 0.15) is 27.9 Å². The number of aromatic nitrogens is 1. The van der Waals surface area contributed by atoms with Gasteiger partial charge in [0, 0.05) is 24.4 Å². The minimum absolute atomic E-state index is 0.189. The van der Waals surface area contributed by atoms with Gasteiger partial charge in [0.2, 0.25) is 0 Å². The minimum Gasteiger partial charge on any atom is -0.496 e. The number of hydrogen-bond acceptors (Lipinski definition) is 5. The molecule has 0 fully saturated rings. The van der Waals surface area contributed by atoms with E-state index in [1.165, 1.54) is 4.88 Å². The summed E-state index contributed by atoms with van der Waals surface area (Å²) in [6.45, 7) is 5.14. The Balaban J connectivity index is 1.61. The van der Waals surface area contributed by atoms with Gasteiger partial charge in [-0.1, -0.05) is 31.2 Å². The van der Waals surface area contributed by atoms with Crippen molar-refractivity contribution in [2.75, 3.05) is 25.5 Å². The highest BCUT2D eigenvalue weighted by Gasteiger charge is 2.21. The molecule has 3 aromatic rings. The molecule has 2 heterocycles. The average Bonchev–Trinajstić information content (AvgIpc) is 3.07. The van der Waals surface area contributed by atoms with Gasteiger partial charge in [0.1, 0.15) is 5.75 Å². The standard InChI is InChI=1S/C20H21N3O2S/c1-3-23-9-8-16-18(12-23)26-20(21-16)22-19(24)15-10-13-6-4-5-7-14(13)11-17(15)25-2/h4-7,10-11H,3,8-9,12H2,1-2H3,(H,21,22,24). The summed E-state index contributed by atoms with van der Waals surface area (Å²) in [5.41, 5.74) is 1.63. The summed E-state index contributed by atoms with van der Waals surface area (Å²) >= 11 is 1.57. The van der Waals surface area contributed by atoms with Gasteiger partial charge in [0.15, 0.2) is 5.13 Å². The fourth-order valence-electron chi connectivity index (χ4n) is 3.30. The molecule has 2 aromatic carbocycles. The van der Waals surface area contributed by atoms with Crippen molar-refractivity contribution in [1.82, 2.24) is 9.88 Å². The van der Waals surface area contributed by atoms with Gasteiger partial charge in [0.05, 0.1) is 18.4 Å². The van der Waals surface area contributed by atoms with E-state index in [-0.39, 0.29) is 5.91 Å². The molecule has 6 heteroatoms. The lowest BCUT2D eigenvalue weighted by molar-refractivity contribution is 0.102. The van der Waals surface area contributed by atoms with Gasteiger partial charge in [-0.15, -0.1) is 11.3 Å². The summed E-state index contributed by atoms with van der Waals surface area (Å²) in [5, 5.41) is 5.67. The number of fused-ring (bicyclic) bond motifs is 2. The Morgan fingerprint density at radius 3 is 2.81 bits per heavy atom. The molecule has 0 atom stereocenters. The van der Waals surface area contributed by atoms with E-state index in [0.29, 0.717) is 16.4 Å². The smallest absolute Gasteiger partial charge is 0.261 e. The van der Waals surface area contributed by atoms with E-state index >= 15 is 0 Å². The van der Waals surface area contributed by atoms with Crippen LogP contribution in [0.4, 0.5) is 5.13 Å². The van der Waals surface area contributed by atoms with Gasteiger partial charge in [-0.3, -0.25) is 15.0 Å². The van der Waals surface area contributed by atoms with Gasteiger partial charge >= 0.3 is 0 Å². The molecule has 1 amide bonds. The summed E-state index contributed by atoms with van der Waals surface area (Å²) < 4.78 is 5.44. The van der Waals surface area contributed by atoms with Crippen LogP contribution in [-0.2, 0) is 13.0 Å². The van der Waals surface area contributed by atoms with Crippen LogP contribution in [0, 0.1) is 0 Å². The van der Waals surface area contributed by atoms with Gasteiger partial charge in [-0.25, -0.2) is 4.98 Å². The first-order chi connectivity index (χ1) is 12.7. The van der Waals surface area contributed by atoms with Crippen LogP contribution in [0.3, 0.4) is 0 Å². The Morgan fingerprint density at radius 2 is 2.08 bits per heavy atom. The lowest BCUT2D eigenvalue weighted by Gasteiger charge is -2.23. The van der Waals surface area contributed by atoms with Crippen LogP contribution in [-0.4, -0.2) is 36.0 Å². The van der Waals surface area contributed by atoms with E-state index in [9.17, 15) is 4.79 Å². The quantitative estimate of drug-likeness (QED) is 0.759. The van der Waals surface area contributed by atoms with Crippen molar-refractivity contribution in [3.63, 3.8) is 0 Å². The van der Waals surface area contributed by atoms with Crippen molar-refractivity contribution < 1.29 is 9.53 Å². The molecule has 4 rings (SSSR count). The highest BCUT2D eigenvalue weighted by molar-refractivity contribution is 7.15. The zero-order chi connectivity index (χ0) is 18.1. The normalized spacial score (nSPS) is 14.2. The van der Waals surface area contributed by atoms with E-state index in [2.05, 4.69) is 22.1 Å². The first-order valence-corrected chi connectivity index (χ1v) is 9.58. The predicted octanol–water partition coefficient (Wildman–Crippen LogP) is 3.94. The second-order valence-electron chi connectivity index (χ2n) is 6.36. The SMILES string of the molecule is CCN1CCc2nc(NC(=O)c3cc4ccccc4cc3OC)sc2C1. The lowest BCUT2D eigenvalue weighted by atomic mass is 10.1. The third-order valence-electron chi connectivity index (χ3n) is 4.79. The third-order valence-corrected chi connectivity index (χ3v) is 5.79. The van der Waals surface area contributed by atoms with Gasteiger partial charge < -0.3 is 4.74 Å². The maximum Gasteiger partial charge on any atom is 0.261 e. The van der Waals surface area contributed by atoms with Crippen molar-refractivity contribution in [3.05, 3.63) is 52.5 Å². The fraction of sp³-hybridized carbons (Fsp3) is 0.300. The Kier molecular flexibility index (Phi) is 4.61. The van der Waals surface area contributed by atoms with Crippen molar-refractivity contribution >= 4 is 33.1 Å². The van der Waals surface area contributed by atoms with E-state index in [1.54, 1.807) is 18.4 Å². The monoisotopic (exact) mass is 367 g/mol. The van der Waals surface area contributed by atoms with Crippen LogP contribution < -0.4 is 10.1 Å². The van der Waals surface area contributed by atoms with E-state index < -0.39 is 0 Å². The van der Waals surface area contributed by atoms with E-state index in [0.717, 1.165) is 42.5 Å². The number of methoxy groups -OCH3 is 1. The topological polar surface area (TPSA) is 54.5 Å². The van der Waals surface area contributed by atoms with Crippen molar-refractivity contribution in [2.45, 2.75) is 19.9 Å². The van der Waals surface area contributed by atoms with Crippen LogP contribution in [0.15, 0.2) is 36.4 Å². The Bertz CT molecular complexity index is 967. The Labute approximate surface area is 156 Å². The zero-order valence-electron chi connectivity index (χ0n) is 14.9. The number of nitrogens with one attached hydrogen (secondary N) is 1. The molecule has 0 saturated carbocycles. The summed E-state index contributed by atoms with van der Waals surface area (Å²) in [5.74, 6) is 0.380. The molecule has 0 bridgehead atoms. The number of thiazole rings is 1. The zero-order valence-corrected chi connectivity index (χ0v) is 15.7. The number of hydrogen-bond donors (Lipinski definition) is 1. The molecule has 1 aliphatic heterocycles.